The van der Waals surface area contributed by atoms with Crippen molar-refractivity contribution in [1.82, 2.24) is 0 Å². The Morgan fingerprint density at radius 3 is 1.79 bits per heavy atom. The van der Waals surface area contributed by atoms with Crippen molar-refractivity contribution in [1.29, 1.82) is 0 Å². The van der Waals surface area contributed by atoms with Crippen molar-refractivity contribution < 1.29 is 42.4 Å². The minimum absolute atomic E-state index is 0.0542. The second-order valence-electron chi connectivity index (χ2n) is 15.6. The van der Waals surface area contributed by atoms with Gasteiger partial charge in [0.2, 0.25) is 0 Å². The maximum atomic E-state index is 12.7. The van der Waals surface area contributed by atoms with Crippen LogP contribution in [-0.4, -0.2) is 86.8 Å². The van der Waals surface area contributed by atoms with Gasteiger partial charge in [0.25, 0.3) is 0 Å². The van der Waals surface area contributed by atoms with Gasteiger partial charge in [-0.2, -0.15) is 0 Å². The summed E-state index contributed by atoms with van der Waals surface area (Å²) in [5.41, 5.74) is 0. The monoisotopic (exact) mass is 809 g/mol. The maximum Gasteiger partial charge on any atom is 0.472 e. The molecule has 0 fully saturated rings. The number of allylic oxidation sites excluding steroid dienone is 10. The van der Waals surface area contributed by atoms with Crippen LogP contribution in [0.5, 0.6) is 0 Å². The van der Waals surface area contributed by atoms with E-state index in [0.717, 1.165) is 38.5 Å². The molecule has 56 heavy (non-hydrogen) atoms. The molecule has 9 nitrogen and oxygen atoms in total. The fourth-order valence-corrected chi connectivity index (χ4v) is 6.23. The van der Waals surface area contributed by atoms with Gasteiger partial charge in [0, 0.05) is 13.0 Å². The molecule has 324 valence electrons. The van der Waals surface area contributed by atoms with Crippen molar-refractivity contribution in [2.75, 3.05) is 54.1 Å². The summed E-state index contributed by atoms with van der Waals surface area (Å²) in [5, 5.41) is 10.2. The van der Waals surface area contributed by atoms with Crippen LogP contribution in [0.1, 0.15) is 149 Å². The Kier molecular flexibility index (Phi) is 37.0. The average molecular weight is 809 g/mol. The Morgan fingerprint density at radius 1 is 0.661 bits per heavy atom. The van der Waals surface area contributed by atoms with Gasteiger partial charge in [0.1, 0.15) is 19.3 Å². The maximum absolute atomic E-state index is 12.7. The molecule has 10 heteroatoms. The summed E-state index contributed by atoms with van der Waals surface area (Å²) in [6, 6.07) is 0. The van der Waals surface area contributed by atoms with E-state index in [0.29, 0.717) is 30.5 Å². The molecule has 0 radical (unpaired) electrons. The van der Waals surface area contributed by atoms with E-state index in [1.807, 2.05) is 51.5 Å². The highest BCUT2D eigenvalue weighted by molar-refractivity contribution is 7.47. The van der Waals surface area contributed by atoms with Crippen LogP contribution in [0.3, 0.4) is 0 Å². The normalized spacial score (nSPS) is 15.1. The van der Waals surface area contributed by atoms with Gasteiger partial charge in [-0.25, -0.2) is 4.57 Å². The number of hydrogen-bond acceptors (Lipinski definition) is 7. The molecule has 0 aromatic carbocycles. The molecule has 2 N–H and O–H groups in total. The van der Waals surface area contributed by atoms with Gasteiger partial charge in [-0.05, 0) is 44.9 Å². The van der Waals surface area contributed by atoms with Crippen molar-refractivity contribution >= 4 is 13.8 Å². The van der Waals surface area contributed by atoms with E-state index in [1.165, 1.54) is 77.0 Å². The van der Waals surface area contributed by atoms with E-state index in [9.17, 15) is 19.4 Å². The Morgan fingerprint density at radius 2 is 1.21 bits per heavy atom. The fourth-order valence-electron chi connectivity index (χ4n) is 5.49. The van der Waals surface area contributed by atoms with Crippen LogP contribution in [0.25, 0.3) is 0 Å². The number of hydrogen-bond donors (Lipinski definition) is 2. The Hall–Kier alpha value is -2.10. The molecule has 0 rings (SSSR count). The molecule has 0 aliphatic rings. The third kappa shape index (κ3) is 41.5. The molecule has 0 aliphatic carbocycles. The molecule has 0 bridgehead atoms. The summed E-state index contributed by atoms with van der Waals surface area (Å²) in [4.78, 5) is 22.9. The highest BCUT2D eigenvalue weighted by Gasteiger charge is 2.26. The van der Waals surface area contributed by atoms with E-state index < -0.39 is 26.0 Å². The number of phosphoric acid groups is 1. The standard InChI is InChI=1S/C46H82NO8P/c1-6-8-10-12-14-16-18-20-22-24-26-28-30-35-40-52-42-45(43-54-56(50,51)53-41-39-47(3,4)5)55-46(49)38-34-31-33-37-44(48)36-32-29-27-25-23-21-19-17-15-13-11-9-7-2/h9,11,15,17,21,23,27,29,31-33,36,44-45,48H,6-8,10,12-14,16,18-20,22,24-26,28,30,34-35,37-43H2,1-5H3/p+1/b11-9-,17-15-,23-21-,29-27-,33-31-,36-32+. The quantitative estimate of drug-likeness (QED) is 0.0158. The number of carbonyl (C=O) groups excluding carboxylic acids is 1. The molecule has 0 aromatic rings. The number of nitrogens with zero attached hydrogens (tertiary/aromatic N) is 1. The van der Waals surface area contributed by atoms with E-state index >= 15 is 0 Å². The van der Waals surface area contributed by atoms with Gasteiger partial charge < -0.3 is 24.0 Å². The van der Waals surface area contributed by atoms with Crippen LogP contribution in [0, 0.1) is 0 Å². The highest BCUT2D eigenvalue weighted by Crippen LogP contribution is 2.43. The molecule has 0 aromatic heterocycles. The van der Waals surface area contributed by atoms with Crippen molar-refractivity contribution in [2.24, 2.45) is 0 Å². The number of aliphatic hydroxyl groups excluding tert-OH is 1. The van der Waals surface area contributed by atoms with Gasteiger partial charge in [-0.1, -0.05) is 170 Å². The van der Waals surface area contributed by atoms with Crippen LogP contribution in [-0.2, 0) is 27.9 Å². The molecule has 3 unspecified atom stereocenters. The third-order valence-corrected chi connectivity index (χ3v) is 9.86. The Balaban J connectivity index is 4.49. The molecular weight excluding hydrogens is 725 g/mol. The van der Waals surface area contributed by atoms with E-state index in [-0.39, 0.29) is 26.2 Å². The summed E-state index contributed by atoms with van der Waals surface area (Å²) in [7, 11) is 1.55. The Bertz CT molecular complexity index is 1140. The van der Waals surface area contributed by atoms with Crippen LogP contribution < -0.4 is 0 Å². The first-order valence-corrected chi connectivity index (χ1v) is 23.3. The second-order valence-corrected chi connectivity index (χ2v) is 17.0. The lowest BCUT2D eigenvalue weighted by atomic mass is 10.0. The largest absolute Gasteiger partial charge is 0.472 e. The molecule has 0 heterocycles. The van der Waals surface area contributed by atoms with Gasteiger partial charge in [-0.3, -0.25) is 13.8 Å². The summed E-state index contributed by atoms with van der Waals surface area (Å²) in [5.74, 6) is -0.457. The summed E-state index contributed by atoms with van der Waals surface area (Å²) >= 11 is 0. The molecule has 0 amide bonds. The molecule has 0 saturated carbocycles. The predicted octanol–water partition coefficient (Wildman–Crippen LogP) is 11.7. The van der Waals surface area contributed by atoms with Gasteiger partial charge >= 0.3 is 13.8 Å². The van der Waals surface area contributed by atoms with Crippen LogP contribution in [0.15, 0.2) is 72.9 Å². The number of carbonyl (C=O) groups is 1. The number of unbranched alkanes of at least 4 members (excludes halogenated alkanes) is 13. The zero-order chi connectivity index (χ0) is 41.4. The zero-order valence-electron chi connectivity index (χ0n) is 36.2. The number of phosphoric ester groups is 1. The van der Waals surface area contributed by atoms with Crippen molar-refractivity contribution in [3.8, 4) is 0 Å². The topological polar surface area (TPSA) is 112 Å². The number of esters is 1. The summed E-state index contributed by atoms with van der Waals surface area (Å²) in [6.07, 6.45) is 45.4. The summed E-state index contributed by atoms with van der Waals surface area (Å²) < 4.78 is 34.8. The van der Waals surface area contributed by atoms with E-state index in [4.69, 9.17) is 18.5 Å². The molecule has 0 spiro atoms. The van der Waals surface area contributed by atoms with Crippen LogP contribution >= 0.6 is 7.82 Å². The minimum atomic E-state index is -4.32. The number of ether oxygens (including phenoxy) is 2. The first kappa shape index (κ1) is 53.9. The highest BCUT2D eigenvalue weighted by atomic mass is 31.2. The van der Waals surface area contributed by atoms with Crippen LogP contribution in [0.4, 0.5) is 0 Å². The van der Waals surface area contributed by atoms with E-state index in [1.54, 1.807) is 6.08 Å². The van der Waals surface area contributed by atoms with Crippen molar-refractivity contribution in [3.05, 3.63) is 72.9 Å². The lowest BCUT2D eigenvalue weighted by Gasteiger charge is -2.24. The first-order valence-electron chi connectivity index (χ1n) is 21.8. The SMILES string of the molecule is CC/C=C\C/C=C\C/C=C\C/C=C\C=C\C(O)C/C=C\CCC(=O)OC(COCCCCCCCCCCCCCCCC)COP(=O)(O)OCC[N+](C)(C)C. The molecule has 0 saturated heterocycles. The fraction of sp³-hybridized carbons (Fsp3) is 0.717. The lowest BCUT2D eigenvalue weighted by Crippen LogP contribution is -2.37. The second kappa shape index (κ2) is 38.4. The zero-order valence-corrected chi connectivity index (χ0v) is 37.1. The molecule has 3 atom stereocenters. The number of quaternary nitrogens is 1. The van der Waals surface area contributed by atoms with Crippen molar-refractivity contribution in [3.63, 3.8) is 0 Å². The van der Waals surface area contributed by atoms with Crippen molar-refractivity contribution in [2.45, 2.75) is 161 Å². The number of aliphatic hydroxyl groups is 1. The third-order valence-electron chi connectivity index (χ3n) is 8.88. The minimum Gasteiger partial charge on any atom is -0.457 e. The summed E-state index contributed by atoms with van der Waals surface area (Å²) in [6.45, 7) is 5.25. The number of rotatable bonds is 39. The van der Waals surface area contributed by atoms with Gasteiger partial charge in [0.15, 0.2) is 0 Å². The number of likely N-dealkylation sites (N-methyl/N-ethyl adjacent to an activating group) is 1. The smallest absolute Gasteiger partial charge is 0.457 e. The predicted molar refractivity (Wildman–Crippen MR) is 234 cm³/mol. The molecule has 0 aliphatic heterocycles. The average Bonchev–Trinajstić information content (AvgIpc) is 3.14. The molecular formula is C46H83NO8P+. The van der Waals surface area contributed by atoms with Gasteiger partial charge in [0.05, 0.1) is 40.5 Å². The lowest BCUT2D eigenvalue weighted by molar-refractivity contribution is -0.870. The van der Waals surface area contributed by atoms with Crippen LogP contribution in [0.2, 0.25) is 0 Å². The first-order chi connectivity index (χ1) is 27.0. The van der Waals surface area contributed by atoms with E-state index in [2.05, 4.69) is 50.3 Å². The van der Waals surface area contributed by atoms with Gasteiger partial charge in [-0.15, -0.1) is 0 Å². The Labute approximate surface area is 343 Å².